The minimum Gasteiger partial charge on any atom is -0.490 e. The average Bonchev–Trinajstić information content (AvgIpc) is 2.65. The molecule has 1 aromatic rings. The van der Waals surface area contributed by atoms with Gasteiger partial charge in [-0.3, -0.25) is 9.59 Å². The van der Waals surface area contributed by atoms with Crippen LogP contribution in [-0.4, -0.2) is 56.2 Å². The quantitative estimate of drug-likeness (QED) is 0.566. The van der Waals surface area contributed by atoms with Gasteiger partial charge in [-0.1, -0.05) is 6.07 Å². The van der Waals surface area contributed by atoms with E-state index in [2.05, 4.69) is 0 Å². The molecule has 0 bridgehead atoms. The smallest absolute Gasteiger partial charge is 0.260 e. The summed E-state index contributed by atoms with van der Waals surface area (Å²) >= 11 is 0. The highest BCUT2D eigenvalue weighted by Crippen LogP contribution is 2.29. The second-order valence-corrected chi connectivity index (χ2v) is 5.46. The zero-order chi connectivity index (χ0) is 18.9. The summed E-state index contributed by atoms with van der Waals surface area (Å²) in [5.74, 6) is -0.108. The third-order valence-electron chi connectivity index (χ3n) is 3.68. The molecule has 2 amide bonds. The van der Waals surface area contributed by atoms with Gasteiger partial charge in [0.15, 0.2) is 18.1 Å². The first-order valence-electron chi connectivity index (χ1n) is 8.22. The van der Waals surface area contributed by atoms with Gasteiger partial charge in [0.2, 0.25) is 0 Å². The largest absolute Gasteiger partial charge is 0.490 e. The molecule has 1 aliphatic heterocycles. The van der Waals surface area contributed by atoms with Crippen molar-refractivity contribution >= 4 is 17.9 Å². The molecular formula is C18H21N3O5. The van der Waals surface area contributed by atoms with Crippen molar-refractivity contribution in [2.24, 2.45) is 5.73 Å². The molecule has 0 aromatic heterocycles. The first-order valence-corrected chi connectivity index (χ1v) is 8.22. The number of rotatable bonds is 7. The van der Waals surface area contributed by atoms with Gasteiger partial charge in [0, 0.05) is 13.1 Å². The Balaban J connectivity index is 2.11. The summed E-state index contributed by atoms with van der Waals surface area (Å²) in [6.45, 7) is 4.25. The van der Waals surface area contributed by atoms with Gasteiger partial charge in [-0.05, 0) is 30.7 Å². The standard InChI is InChI=1S/C18H21N3O5/c1-2-25-16-10-13(9-14(11-19)18(20)23)3-4-15(16)26-12-17(22)21-5-7-24-8-6-21/h3-4,9-10H,2,5-8,12H2,1H3,(H2,20,23)/b14-9-. The lowest BCUT2D eigenvalue weighted by Gasteiger charge is -2.26. The molecule has 8 nitrogen and oxygen atoms in total. The minimum absolute atomic E-state index is 0.111. The molecule has 0 radical (unpaired) electrons. The van der Waals surface area contributed by atoms with E-state index in [4.69, 9.17) is 25.2 Å². The Hall–Kier alpha value is -3.05. The van der Waals surface area contributed by atoms with Crippen LogP contribution in [0.5, 0.6) is 11.5 Å². The van der Waals surface area contributed by atoms with Gasteiger partial charge in [-0.15, -0.1) is 0 Å². The first-order chi connectivity index (χ1) is 12.5. The normalized spacial score (nSPS) is 14.5. The molecule has 2 N–H and O–H groups in total. The number of nitriles is 1. The Bertz CT molecular complexity index is 733. The van der Waals surface area contributed by atoms with Crippen molar-refractivity contribution in [1.82, 2.24) is 4.90 Å². The van der Waals surface area contributed by atoms with E-state index < -0.39 is 5.91 Å². The van der Waals surface area contributed by atoms with Crippen LogP contribution >= 0.6 is 0 Å². The number of nitrogens with zero attached hydrogens (tertiary/aromatic N) is 2. The number of hydrogen-bond acceptors (Lipinski definition) is 6. The fourth-order valence-corrected chi connectivity index (χ4v) is 2.37. The monoisotopic (exact) mass is 359 g/mol. The van der Waals surface area contributed by atoms with Crippen molar-refractivity contribution < 1.29 is 23.8 Å². The number of morpholine rings is 1. The van der Waals surface area contributed by atoms with Gasteiger partial charge >= 0.3 is 0 Å². The summed E-state index contributed by atoms with van der Waals surface area (Å²) in [6.07, 6.45) is 1.37. The number of amides is 2. The highest BCUT2D eigenvalue weighted by atomic mass is 16.5. The Morgan fingerprint density at radius 1 is 1.31 bits per heavy atom. The molecule has 0 unspecified atom stereocenters. The molecule has 1 aromatic carbocycles. The summed E-state index contributed by atoms with van der Waals surface area (Å²) in [6, 6.07) is 6.64. The summed E-state index contributed by atoms with van der Waals surface area (Å²) in [5.41, 5.74) is 5.54. The van der Waals surface area contributed by atoms with Crippen molar-refractivity contribution in [2.75, 3.05) is 39.5 Å². The second-order valence-electron chi connectivity index (χ2n) is 5.46. The topological polar surface area (TPSA) is 115 Å². The number of primary amides is 1. The lowest BCUT2D eigenvalue weighted by atomic mass is 10.1. The van der Waals surface area contributed by atoms with Crippen LogP contribution in [0.4, 0.5) is 0 Å². The van der Waals surface area contributed by atoms with Gasteiger partial charge in [-0.2, -0.15) is 5.26 Å². The maximum Gasteiger partial charge on any atom is 0.260 e. The molecule has 0 atom stereocenters. The molecule has 2 rings (SSSR count). The molecule has 1 saturated heterocycles. The predicted octanol–water partition coefficient (Wildman–Crippen LogP) is 0.715. The number of ether oxygens (including phenoxy) is 3. The fraction of sp³-hybridized carbons (Fsp3) is 0.389. The molecule has 138 valence electrons. The number of benzene rings is 1. The van der Waals surface area contributed by atoms with Gasteiger partial charge in [0.05, 0.1) is 19.8 Å². The molecule has 1 fully saturated rings. The van der Waals surface area contributed by atoms with Gasteiger partial charge in [0.25, 0.3) is 11.8 Å². The molecular weight excluding hydrogens is 338 g/mol. The number of nitrogens with two attached hydrogens (primary N) is 1. The zero-order valence-electron chi connectivity index (χ0n) is 14.6. The van der Waals surface area contributed by atoms with Crippen molar-refractivity contribution in [1.29, 1.82) is 5.26 Å². The van der Waals surface area contributed by atoms with E-state index in [-0.39, 0.29) is 18.1 Å². The van der Waals surface area contributed by atoms with Crippen LogP contribution in [0, 0.1) is 11.3 Å². The lowest BCUT2D eigenvalue weighted by Crippen LogP contribution is -2.43. The Morgan fingerprint density at radius 3 is 2.65 bits per heavy atom. The van der Waals surface area contributed by atoms with Crippen LogP contribution in [0.1, 0.15) is 12.5 Å². The maximum atomic E-state index is 12.2. The van der Waals surface area contributed by atoms with Crippen LogP contribution < -0.4 is 15.2 Å². The molecule has 0 spiro atoms. The van der Waals surface area contributed by atoms with Crippen LogP contribution in [0.2, 0.25) is 0 Å². The second kappa shape index (κ2) is 9.44. The predicted molar refractivity (Wildman–Crippen MR) is 93.3 cm³/mol. The number of carbonyl (C=O) groups is 2. The minimum atomic E-state index is -0.804. The van der Waals surface area contributed by atoms with E-state index in [1.165, 1.54) is 6.08 Å². The molecule has 1 aliphatic rings. The summed E-state index contributed by atoms with van der Waals surface area (Å²) < 4.78 is 16.4. The molecule has 8 heteroatoms. The fourth-order valence-electron chi connectivity index (χ4n) is 2.37. The van der Waals surface area contributed by atoms with Crippen molar-refractivity contribution in [3.63, 3.8) is 0 Å². The van der Waals surface area contributed by atoms with E-state index in [9.17, 15) is 9.59 Å². The van der Waals surface area contributed by atoms with E-state index in [1.807, 2.05) is 6.92 Å². The Morgan fingerprint density at radius 2 is 2.04 bits per heavy atom. The summed E-state index contributed by atoms with van der Waals surface area (Å²) in [5, 5.41) is 8.93. The number of hydrogen-bond donors (Lipinski definition) is 1. The van der Waals surface area contributed by atoms with E-state index in [1.54, 1.807) is 29.2 Å². The lowest BCUT2D eigenvalue weighted by molar-refractivity contribution is -0.137. The third-order valence-corrected chi connectivity index (χ3v) is 3.68. The van der Waals surface area contributed by atoms with Crippen molar-refractivity contribution in [3.05, 3.63) is 29.3 Å². The van der Waals surface area contributed by atoms with Gasteiger partial charge < -0.3 is 24.8 Å². The van der Waals surface area contributed by atoms with E-state index >= 15 is 0 Å². The molecule has 0 aliphatic carbocycles. The average molecular weight is 359 g/mol. The van der Waals surface area contributed by atoms with Gasteiger partial charge in [-0.25, -0.2) is 0 Å². The zero-order valence-corrected chi connectivity index (χ0v) is 14.6. The Kier molecular flexibility index (Phi) is 7.00. The van der Waals surface area contributed by atoms with Crippen LogP contribution in [0.25, 0.3) is 6.08 Å². The third kappa shape index (κ3) is 5.22. The molecule has 26 heavy (non-hydrogen) atoms. The van der Waals surface area contributed by atoms with Gasteiger partial charge in [0.1, 0.15) is 11.6 Å². The van der Waals surface area contributed by atoms with Crippen LogP contribution in [0.15, 0.2) is 23.8 Å². The first kappa shape index (κ1) is 19.3. The number of carbonyl (C=O) groups excluding carboxylic acids is 2. The van der Waals surface area contributed by atoms with E-state index in [0.29, 0.717) is 50.0 Å². The highest BCUT2D eigenvalue weighted by Gasteiger charge is 2.18. The van der Waals surface area contributed by atoms with Crippen LogP contribution in [0.3, 0.4) is 0 Å². The van der Waals surface area contributed by atoms with Crippen molar-refractivity contribution in [3.8, 4) is 17.6 Å². The summed E-state index contributed by atoms with van der Waals surface area (Å²) in [7, 11) is 0. The maximum absolute atomic E-state index is 12.2. The van der Waals surface area contributed by atoms with Crippen molar-refractivity contribution in [2.45, 2.75) is 6.92 Å². The highest BCUT2D eigenvalue weighted by molar-refractivity contribution is 6.00. The van der Waals surface area contributed by atoms with E-state index in [0.717, 1.165) is 0 Å². The van der Waals surface area contributed by atoms with Crippen LogP contribution in [-0.2, 0) is 14.3 Å². The SMILES string of the molecule is CCOc1cc(/C=C(/C#N)C(N)=O)ccc1OCC(=O)N1CCOCC1. The Labute approximate surface area is 151 Å². The molecule has 1 heterocycles. The summed E-state index contributed by atoms with van der Waals surface area (Å²) in [4.78, 5) is 25.0. The molecule has 0 saturated carbocycles.